The maximum Gasteiger partial charge on any atom is 0.233 e. The van der Waals surface area contributed by atoms with E-state index in [1.54, 1.807) is 0 Å². The first-order valence-electron chi connectivity index (χ1n) is 10.5. The predicted octanol–water partition coefficient (Wildman–Crippen LogP) is 7.04. The largest absolute Gasteiger partial charge is 0.383 e. The average molecular weight is 345 g/mol. The molecule has 1 atom stereocenters. The first kappa shape index (κ1) is 21.7. The lowest BCUT2D eigenvalue weighted by atomic mass is 10.0. The van der Waals surface area contributed by atoms with E-state index in [1.807, 2.05) is 30.6 Å². The highest BCUT2D eigenvalue weighted by molar-refractivity contribution is 5.76. The molecule has 1 radical (unpaired) electrons. The van der Waals surface area contributed by atoms with Gasteiger partial charge in [0.2, 0.25) is 6.29 Å². The SMILES string of the molecule is CCCCCCCCCCCCCCC(C)Nc1ccc([C]=O)cc1. The van der Waals surface area contributed by atoms with Gasteiger partial charge in [-0.05, 0) is 37.6 Å². The molecule has 0 aliphatic carbocycles. The molecule has 2 heteroatoms. The van der Waals surface area contributed by atoms with Crippen molar-refractivity contribution in [1.82, 2.24) is 0 Å². The summed E-state index contributed by atoms with van der Waals surface area (Å²) >= 11 is 0. The minimum absolute atomic E-state index is 0.481. The van der Waals surface area contributed by atoms with E-state index in [2.05, 4.69) is 19.2 Å². The van der Waals surface area contributed by atoms with E-state index >= 15 is 0 Å². The van der Waals surface area contributed by atoms with Crippen LogP contribution >= 0.6 is 0 Å². The number of hydrogen-bond donors (Lipinski definition) is 1. The monoisotopic (exact) mass is 344 g/mol. The van der Waals surface area contributed by atoms with Crippen molar-refractivity contribution >= 4 is 12.0 Å². The topological polar surface area (TPSA) is 29.1 Å². The number of unbranched alkanes of at least 4 members (excludes halogenated alkanes) is 11. The molecule has 1 rings (SSSR count). The number of rotatable bonds is 16. The van der Waals surface area contributed by atoms with Crippen molar-refractivity contribution in [3.63, 3.8) is 0 Å². The summed E-state index contributed by atoms with van der Waals surface area (Å²) < 4.78 is 0. The molecular weight excluding hydrogens is 306 g/mol. The number of anilines is 1. The Labute approximate surface area is 155 Å². The molecule has 25 heavy (non-hydrogen) atoms. The van der Waals surface area contributed by atoms with Gasteiger partial charge in [0.25, 0.3) is 0 Å². The highest BCUT2D eigenvalue weighted by atomic mass is 16.1. The Hall–Kier alpha value is -1.31. The summed E-state index contributed by atoms with van der Waals surface area (Å²) in [7, 11) is 0. The molecule has 1 N–H and O–H groups in total. The third-order valence-corrected chi connectivity index (χ3v) is 4.91. The van der Waals surface area contributed by atoms with Crippen LogP contribution in [0.5, 0.6) is 0 Å². The second kappa shape index (κ2) is 15.0. The molecule has 1 aromatic rings. The molecule has 0 aromatic heterocycles. The maximum atomic E-state index is 10.5. The fourth-order valence-corrected chi connectivity index (χ4v) is 3.28. The van der Waals surface area contributed by atoms with Crippen LogP contribution in [0.1, 0.15) is 103 Å². The van der Waals surface area contributed by atoms with E-state index in [0.717, 1.165) is 5.69 Å². The Kier molecular flexibility index (Phi) is 13.0. The van der Waals surface area contributed by atoms with E-state index < -0.39 is 0 Å². The summed E-state index contributed by atoms with van der Waals surface area (Å²) in [6.45, 7) is 4.51. The van der Waals surface area contributed by atoms with Gasteiger partial charge in [-0.1, -0.05) is 84.0 Å². The van der Waals surface area contributed by atoms with Gasteiger partial charge in [0, 0.05) is 17.3 Å². The van der Waals surface area contributed by atoms with Gasteiger partial charge in [-0.15, -0.1) is 0 Å². The van der Waals surface area contributed by atoms with Gasteiger partial charge in [0.15, 0.2) is 0 Å². The van der Waals surface area contributed by atoms with Gasteiger partial charge in [-0.2, -0.15) is 0 Å². The summed E-state index contributed by atoms with van der Waals surface area (Å²) in [6.07, 6.45) is 19.9. The lowest BCUT2D eigenvalue weighted by molar-refractivity contribution is 0.532. The molecular formula is C23H38NO. The minimum Gasteiger partial charge on any atom is -0.383 e. The van der Waals surface area contributed by atoms with Crippen LogP contribution in [0.15, 0.2) is 24.3 Å². The molecule has 0 heterocycles. The van der Waals surface area contributed by atoms with Crippen LogP contribution in [0.3, 0.4) is 0 Å². The summed E-state index contributed by atoms with van der Waals surface area (Å²) in [5, 5.41) is 3.50. The van der Waals surface area contributed by atoms with E-state index in [-0.39, 0.29) is 0 Å². The van der Waals surface area contributed by atoms with Gasteiger partial charge >= 0.3 is 0 Å². The van der Waals surface area contributed by atoms with Crippen LogP contribution in [0.4, 0.5) is 5.69 Å². The van der Waals surface area contributed by atoms with Crippen molar-refractivity contribution in [2.45, 2.75) is 103 Å². The second-order valence-corrected chi connectivity index (χ2v) is 7.40. The van der Waals surface area contributed by atoms with Crippen molar-refractivity contribution in [1.29, 1.82) is 0 Å². The predicted molar refractivity (Wildman–Crippen MR) is 110 cm³/mol. The molecule has 0 saturated heterocycles. The zero-order chi connectivity index (χ0) is 18.2. The fraction of sp³-hybridized carbons (Fsp3) is 0.696. The Balaban J connectivity index is 1.91. The first-order chi connectivity index (χ1) is 12.3. The van der Waals surface area contributed by atoms with Crippen molar-refractivity contribution in [3.05, 3.63) is 29.8 Å². The van der Waals surface area contributed by atoms with Gasteiger partial charge in [0.1, 0.15) is 0 Å². The Morgan fingerprint density at radius 1 is 0.800 bits per heavy atom. The van der Waals surface area contributed by atoms with Crippen molar-refractivity contribution in [2.24, 2.45) is 0 Å². The van der Waals surface area contributed by atoms with Crippen LogP contribution in [-0.2, 0) is 4.79 Å². The molecule has 141 valence electrons. The number of benzene rings is 1. The summed E-state index contributed by atoms with van der Waals surface area (Å²) in [6, 6.07) is 8.02. The molecule has 0 aliphatic rings. The Bertz CT molecular complexity index is 426. The first-order valence-corrected chi connectivity index (χ1v) is 10.5. The number of carbonyl (C=O) groups excluding carboxylic acids is 1. The zero-order valence-corrected chi connectivity index (χ0v) is 16.5. The van der Waals surface area contributed by atoms with Gasteiger partial charge in [-0.3, -0.25) is 4.79 Å². The lowest BCUT2D eigenvalue weighted by Crippen LogP contribution is -2.14. The number of hydrogen-bond acceptors (Lipinski definition) is 2. The van der Waals surface area contributed by atoms with E-state index in [0.29, 0.717) is 11.6 Å². The quantitative estimate of drug-likeness (QED) is 0.326. The van der Waals surface area contributed by atoms with Crippen molar-refractivity contribution in [2.75, 3.05) is 5.32 Å². The molecule has 0 aliphatic heterocycles. The van der Waals surface area contributed by atoms with Gasteiger partial charge in [0.05, 0.1) is 0 Å². The van der Waals surface area contributed by atoms with E-state index in [4.69, 9.17) is 0 Å². The van der Waals surface area contributed by atoms with Crippen molar-refractivity contribution < 1.29 is 4.79 Å². The van der Waals surface area contributed by atoms with Crippen molar-refractivity contribution in [3.8, 4) is 0 Å². The number of nitrogens with one attached hydrogen (secondary N) is 1. The molecule has 0 spiro atoms. The van der Waals surface area contributed by atoms with E-state index in [9.17, 15) is 4.79 Å². The summed E-state index contributed by atoms with van der Waals surface area (Å²) in [4.78, 5) is 10.5. The van der Waals surface area contributed by atoms with Crippen LogP contribution in [-0.4, -0.2) is 12.3 Å². The van der Waals surface area contributed by atoms with Crippen LogP contribution < -0.4 is 5.32 Å². The average Bonchev–Trinajstić information content (AvgIpc) is 2.63. The molecule has 1 unspecified atom stereocenters. The zero-order valence-electron chi connectivity index (χ0n) is 16.5. The molecule has 1 aromatic carbocycles. The standard InChI is InChI=1S/C23H38NO/c1-3-4-5-6-7-8-9-10-11-12-13-14-15-21(2)24-23-18-16-22(20-25)17-19-23/h16-19,21,24H,3-15H2,1-2H3. The smallest absolute Gasteiger partial charge is 0.233 e. The lowest BCUT2D eigenvalue weighted by Gasteiger charge is -2.15. The molecule has 0 saturated carbocycles. The normalized spacial score (nSPS) is 12.1. The third kappa shape index (κ3) is 11.8. The molecule has 2 nitrogen and oxygen atoms in total. The molecule has 0 bridgehead atoms. The summed E-state index contributed by atoms with van der Waals surface area (Å²) in [5.41, 5.74) is 1.70. The minimum atomic E-state index is 0.481. The maximum absolute atomic E-state index is 10.5. The highest BCUT2D eigenvalue weighted by Gasteiger charge is 2.02. The Morgan fingerprint density at radius 2 is 1.28 bits per heavy atom. The third-order valence-electron chi connectivity index (χ3n) is 4.91. The molecule has 0 fully saturated rings. The fourth-order valence-electron chi connectivity index (χ4n) is 3.28. The van der Waals surface area contributed by atoms with E-state index in [1.165, 1.54) is 83.5 Å². The highest BCUT2D eigenvalue weighted by Crippen LogP contribution is 2.15. The van der Waals surface area contributed by atoms with Crippen LogP contribution in [0, 0.1) is 0 Å². The molecule has 0 amide bonds. The second-order valence-electron chi connectivity index (χ2n) is 7.40. The van der Waals surface area contributed by atoms with Crippen LogP contribution in [0.25, 0.3) is 0 Å². The Morgan fingerprint density at radius 3 is 1.76 bits per heavy atom. The van der Waals surface area contributed by atoms with Gasteiger partial charge < -0.3 is 5.32 Å². The summed E-state index contributed by atoms with van der Waals surface area (Å²) in [5.74, 6) is 0. The van der Waals surface area contributed by atoms with Gasteiger partial charge in [-0.25, -0.2) is 0 Å². The van der Waals surface area contributed by atoms with Crippen LogP contribution in [0.2, 0.25) is 0 Å².